The van der Waals surface area contributed by atoms with Gasteiger partial charge in [0, 0.05) is 11.9 Å². The van der Waals surface area contributed by atoms with Crippen LogP contribution in [0.15, 0.2) is 93.6 Å². The van der Waals surface area contributed by atoms with Crippen LogP contribution < -0.4 is 5.56 Å². The van der Waals surface area contributed by atoms with Gasteiger partial charge >= 0.3 is 0 Å². The van der Waals surface area contributed by atoms with Crippen molar-refractivity contribution in [1.82, 2.24) is 19.3 Å². The lowest BCUT2D eigenvalue weighted by molar-refractivity contribution is 0.476. The van der Waals surface area contributed by atoms with Gasteiger partial charge in [0.25, 0.3) is 5.56 Å². The molecule has 3 heterocycles. The monoisotopic (exact) mass is 432 g/mol. The first-order valence-electron chi connectivity index (χ1n) is 9.62. The molecule has 5 rings (SSSR count). The molecule has 0 fully saturated rings. The Morgan fingerprint density at radius 3 is 2.77 bits per heavy atom. The van der Waals surface area contributed by atoms with Crippen molar-refractivity contribution in [2.24, 2.45) is 0 Å². The summed E-state index contributed by atoms with van der Waals surface area (Å²) in [6.07, 6.45) is 3.37. The van der Waals surface area contributed by atoms with E-state index in [-0.39, 0.29) is 11.4 Å². The van der Waals surface area contributed by atoms with Crippen LogP contribution in [-0.2, 0) is 12.3 Å². The van der Waals surface area contributed by atoms with E-state index in [4.69, 9.17) is 9.40 Å². The lowest BCUT2D eigenvalue weighted by atomic mass is 10.2. The summed E-state index contributed by atoms with van der Waals surface area (Å²) in [6, 6.07) is 19.0. The van der Waals surface area contributed by atoms with E-state index in [2.05, 4.69) is 5.10 Å². The van der Waals surface area contributed by atoms with Crippen molar-refractivity contribution in [3.63, 3.8) is 0 Å². The molecule has 0 amide bonds. The molecule has 0 radical (unpaired) electrons. The van der Waals surface area contributed by atoms with Crippen molar-refractivity contribution >= 4 is 22.7 Å². The smallest absolute Gasteiger partial charge is 0.262 e. The number of halogens is 1. The van der Waals surface area contributed by atoms with Crippen molar-refractivity contribution in [1.29, 1.82) is 0 Å². The minimum atomic E-state index is -0.314. The molecule has 0 bridgehead atoms. The average molecular weight is 432 g/mol. The van der Waals surface area contributed by atoms with Crippen LogP contribution in [0.4, 0.5) is 4.39 Å². The van der Waals surface area contributed by atoms with Crippen molar-refractivity contribution in [2.45, 2.75) is 17.5 Å². The van der Waals surface area contributed by atoms with Gasteiger partial charge in [-0.1, -0.05) is 30.0 Å². The molecule has 0 atom stereocenters. The van der Waals surface area contributed by atoms with E-state index < -0.39 is 0 Å². The number of hydrogen-bond donors (Lipinski definition) is 0. The fraction of sp³-hybridized carbons (Fsp3) is 0.0870. The highest BCUT2D eigenvalue weighted by Gasteiger charge is 2.14. The SMILES string of the molecule is O=c1c2ccccc2nc(SCc2ccn(-c3cccc(F)c3)n2)n1Cc1ccco1. The molecule has 0 unspecified atom stereocenters. The Labute approximate surface area is 181 Å². The van der Waals surface area contributed by atoms with Crippen LogP contribution in [0.3, 0.4) is 0 Å². The zero-order valence-electron chi connectivity index (χ0n) is 16.3. The minimum absolute atomic E-state index is 0.116. The summed E-state index contributed by atoms with van der Waals surface area (Å²) in [4.78, 5) is 17.8. The largest absolute Gasteiger partial charge is 0.467 e. The molecule has 0 spiro atoms. The second-order valence-corrected chi connectivity index (χ2v) is 7.84. The maximum Gasteiger partial charge on any atom is 0.262 e. The number of benzene rings is 2. The van der Waals surface area contributed by atoms with Crippen LogP contribution >= 0.6 is 11.8 Å². The summed E-state index contributed by atoms with van der Waals surface area (Å²) in [5.41, 5.74) is 1.97. The highest BCUT2D eigenvalue weighted by molar-refractivity contribution is 7.98. The minimum Gasteiger partial charge on any atom is -0.467 e. The lowest BCUT2D eigenvalue weighted by Gasteiger charge is -2.11. The normalized spacial score (nSPS) is 11.3. The third-order valence-corrected chi connectivity index (χ3v) is 5.80. The molecule has 0 aliphatic heterocycles. The van der Waals surface area contributed by atoms with Gasteiger partial charge in [-0.15, -0.1) is 0 Å². The van der Waals surface area contributed by atoms with Gasteiger partial charge < -0.3 is 4.42 Å². The van der Waals surface area contributed by atoms with E-state index in [1.165, 1.54) is 23.9 Å². The molecule has 0 aliphatic carbocycles. The second kappa shape index (κ2) is 8.23. The Morgan fingerprint density at radius 2 is 1.94 bits per heavy atom. The van der Waals surface area contributed by atoms with Gasteiger partial charge in [0.1, 0.15) is 11.6 Å². The Morgan fingerprint density at radius 1 is 1.03 bits per heavy atom. The molecule has 6 nitrogen and oxygen atoms in total. The van der Waals surface area contributed by atoms with E-state index >= 15 is 0 Å². The fourth-order valence-electron chi connectivity index (χ4n) is 3.30. The Bertz CT molecular complexity index is 1410. The Hall–Kier alpha value is -3.65. The summed E-state index contributed by atoms with van der Waals surface area (Å²) in [7, 11) is 0. The van der Waals surface area contributed by atoms with Gasteiger partial charge in [0.2, 0.25) is 0 Å². The number of para-hydroxylation sites is 1. The first kappa shape index (κ1) is 19.3. The molecular weight excluding hydrogens is 415 g/mol. The highest BCUT2D eigenvalue weighted by atomic mass is 32.2. The van der Waals surface area contributed by atoms with Gasteiger partial charge in [-0.25, -0.2) is 14.1 Å². The zero-order chi connectivity index (χ0) is 21.2. The Kier molecular flexibility index (Phi) is 5.13. The lowest BCUT2D eigenvalue weighted by Crippen LogP contribution is -2.23. The number of fused-ring (bicyclic) bond motifs is 1. The molecule has 0 aliphatic rings. The van der Waals surface area contributed by atoms with Gasteiger partial charge in [-0.3, -0.25) is 9.36 Å². The van der Waals surface area contributed by atoms with E-state index in [1.807, 2.05) is 30.3 Å². The summed E-state index contributed by atoms with van der Waals surface area (Å²) >= 11 is 1.42. The molecule has 5 aromatic rings. The van der Waals surface area contributed by atoms with Gasteiger partial charge in [0.05, 0.1) is 35.1 Å². The highest BCUT2D eigenvalue weighted by Crippen LogP contribution is 2.23. The van der Waals surface area contributed by atoms with Gasteiger partial charge in [0.15, 0.2) is 5.16 Å². The average Bonchev–Trinajstić information content (AvgIpc) is 3.47. The number of nitrogens with zero attached hydrogens (tertiary/aromatic N) is 4. The Balaban J connectivity index is 1.45. The zero-order valence-corrected chi connectivity index (χ0v) is 17.1. The molecule has 2 aromatic carbocycles. The number of furan rings is 1. The predicted octanol–water partition coefficient (Wildman–Crippen LogP) is 4.65. The van der Waals surface area contributed by atoms with Crippen molar-refractivity contribution in [3.8, 4) is 5.69 Å². The molecule has 0 saturated carbocycles. The summed E-state index contributed by atoms with van der Waals surface area (Å²) in [5, 5.41) is 5.67. The standard InChI is InChI=1S/C23H17FN4O2S/c24-16-5-3-6-18(13-16)28-11-10-17(26-28)15-31-23-25-21-9-2-1-8-20(21)22(29)27(23)14-19-7-4-12-30-19/h1-13H,14-15H2. The number of aromatic nitrogens is 4. The summed E-state index contributed by atoms with van der Waals surface area (Å²) < 4.78 is 22.2. The third-order valence-electron chi connectivity index (χ3n) is 4.79. The van der Waals surface area contributed by atoms with Crippen LogP contribution in [-0.4, -0.2) is 19.3 Å². The predicted molar refractivity (Wildman–Crippen MR) is 117 cm³/mol. The van der Waals surface area contributed by atoms with E-state index in [0.29, 0.717) is 39.8 Å². The summed E-state index contributed by atoms with van der Waals surface area (Å²) in [5.74, 6) is 0.869. The molecule has 0 saturated heterocycles. The number of hydrogen-bond acceptors (Lipinski definition) is 5. The van der Waals surface area contributed by atoms with Crippen LogP contribution in [0.5, 0.6) is 0 Å². The quantitative estimate of drug-likeness (QED) is 0.289. The van der Waals surface area contributed by atoms with Crippen LogP contribution in [0.1, 0.15) is 11.5 Å². The summed E-state index contributed by atoms with van der Waals surface area (Å²) in [6.45, 7) is 0.295. The van der Waals surface area contributed by atoms with Crippen LogP contribution in [0, 0.1) is 5.82 Å². The van der Waals surface area contributed by atoms with Crippen molar-refractivity contribution in [2.75, 3.05) is 0 Å². The third kappa shape index (κ3) is 4.02. The van der Waals surface area contributed by atoms with Crippen LogP contribution in [0.25, 0.3) is 16.6 Å². The molecule has 154 valence electrons. The van der Waals surface area contributed by atoms with E-state index in [0.717, 1.165) is 5.69 Å². The molecule has 31 heavy (non-hydrogen) atoms. The van der Waals surface area contributed by atoms with Crippen molar-refractivity contribution < 1.29 is 8.81 Å². The molecular formula is C23H17FN4O2S. The maximum absolute atomic E-state index is 13.5. The maximum atomic E-state index is 13.5. The van der Waals surface area contributed by atoms with E-state index in [9.17, 15) is 9.18 Å². The first-order chi connectivity index (χ1) is 15.2. The van der Waals surface area contributed by atoms with Gasteiger partial charge in [-0.05, 0) is 48.5 Å². The molecule has 8 heteroatoms. The topological polar surface area (TPSA) is 65.8 Å². The van der Waals surface area contributed by atoms with E-state index in [1.54, 1.807) is 46.0 Å². The van der Waals surface area contributed by atoms with Crippen molar-refractivity contribution in [3.05, 3.63) is 107 Å². The molecule has 0 N–H and O–H groups in total. The second-order valence-electron chi connectivity index (χ2n) is 6.90. The number of rotatable bonds is 6. The van der Waals surface area contributed by atoms with Crippen LogP contribution in [0.2, 0.25) is 0 Å². The number of thioether (sulfide) groups is 1. The molecule has 3 aromatic heterocycles. The van der Waals surface area contributed by atoms with Gasteiger partial charge in [-0.2, -0.15) is 5.10 Å². The first-order valence-corrected chi connectivity index (χ1v) is 10.6. The fourth-order valence-corrected chi connectivity index (χ4v) is 4.19.